The minimum atomic E-state index is -0.0234. The molecule has 2 aromatic carbocycles. The van der Waals surface area contributed by atoms with Crippen LogP contribution in [0.5, 0.6) is 0 Å². The largest absolute Gasteiger partial charge is 0.384 e. The van der Waals surface area contributed by atoms with Crippen LogP contribution in [0.3, 0.4) is 0 Å². The van der Waals surface area contributed by atoms with E-state index in [4.69, 9.17) is 21.1 Å². The van der Waals surface area contributed by atoms with E-state index >= 15 is 0 Å². The maximum Gasteiger partial charge on any atom is 0.122 e. The number of fused-ring (bicyclic) bond motifs is 2. The molecular weight excluding hydrogens is 380 g/mol. The lowest BCUT2D eigenvalue weighted by Gasteiger charge is -2.11. The number of thiazole rings is 1. The predicted molar refractivity (Wildman–Crippen MR) is 117 cm³/mol. The molecule has 1 unspecified atom stereocenters. The number of aromatic amines is 1. The number of benzene rings is 2. The second-order valence-electron chi connectivity index (χ2n) is 6.91. The van der Waals surface area contributed by atoms with Gasteiger partial charge in [-0.25, -0.2) is 9.97 Å². The first kappa shape index (κ1) is 17.5. The monoisotopic (exact) mass is 398 g/mol. The minimum absolute atomic E-state index is 0.0234. The molecule has 1 atom stereocenters. The van der Waals surface area contributed by atoms with E-state index in [2.05, 4.69) is 16.0 Å². The lowest BCUT2D eigenvalue weighted by Crippen LogP contribution is -2.10. The zero-order valence-electron chi connectivity index (χ0n) is 15.5. The molecule has 0 radical (unpaired) electrons. The van der Waals surface area contributed by atoms with Gasteiger partial charge in [-0.2, -0.15) is 0 Å². The molecule has 0 aliphatic carbocycles. The predicted octanol–water partition coefficient (Wildman–Crippen LogP) is 4.23. The van der Waals surface area contributed by atoms with Crippen molar-refractivity contribution in [3.8, 4) is 0 Å². The molecule has 0 saturated heterocycles. The third-order valence-corrected chi connectivity index (χ3v) is 6.05. The molecule has 0 amide bonds. The van der Waals surface area contributed by atoms with Gasteiger partial charge in [0.05, 0.1) is 27.2 Å². The van der Waals surface area contributed by atoms with Gasteiger partial charge < -0.3 is 10.7 Å². The Kier molecular flexibility index (Phi) is 4.29. The maximum atomic E-state index is 7.69. The van der Waals surface area contributed by atoms with E-state index in [1.54, 1.807) is 17.5 Å². The molecule has 0 aliphatic heterocycles. The van der Waals surface area contributed by atoms with E-state index < -0.39 is 0 Å². The highest BCUT2D eigenvalue weighted by Gasteiger charge is 2.23. The summed E-state index contributed by atoms with van der Waals surface area (Å²) in [6.07, 6.45) is 4.41. The molecule has 5 aromatic rings. The lowest BCUT2D eigenvalue weighted by atomic mass is 10.0. The summed E-state index contributed by atoms with van der Waals surface area (Å²) in [6.45, 7) is 0. The number of nitrogen functional groups attached to an aromatic ring is 1. The van der Waals surface area contributed by atoms with Gasteiger partial charge in [-0.05, 0) is 48.4 Å². The van der Waals surface area contributed by atoms with Crippen LogP contribution in [-0.4, -0.2) is 25.8 Å². The fourth-order valence-electron chi connectivity index (χ4n) is 3.45. The van der Waals surface area contributed by atoms with Crippen molar-refractivity contribution in [1.29, 1.82) is 5.41 Å². The Bertz CT molecular complexity index is 1290. The number of H-pyrrole nitrogens is 1. The lowest BCUT2D eigenvalue weighted by molar-refractivity contribution is 0.748. The highest BCUT2D eigenvalue weighted by Crippen LogP contribution is 2.34. The normalized spacial score (nSPS) is 12.4. The molecule has 0 fully saturated rings. The number of nitrogens with one attached hydrogen (secondary N) is 2. The number of pyridine rings is 1. The van der Waals surface area contributed by atoms with E-state index in [-0.39, 0.29) is 11.8 Å². The van der Waals surface area contributed by atoms with Crippen LogP contribution >= 0.6 is 11.3 Å². The number of hydrogen-bond donors (Lipinski definition) is 3. The molecule has 142 valence electrons. The number of rotatable bonds is 5. The van der Waals surface area contributed by atoms with Gasteiger partial charge in [0.25, 0.3) is 0 Å². The topological polar surface area (TPSA) is 104 Å². The number of amidine groups is 1. The van der Waals surface area contributed by atoms with Crippen molar-refractivity contribution in [3.63, 3.8) is 0 Å². The van der Waals surface area contributed by atoms with Crippen molar-refractivity contribution < 1.29 is 0 Å². The molecule has 29 heavy (non-hydrogen) atoms. The van der Waals surface area contributed by atoms with E-state index in [0.717, 1.165) is 44.1 Å². The van der Waals surface area contributed by atoms with Crippen LogP contribution in [0.1, 0.15) is 27.9 Å². The van der Waals surface area contributed by atoms with Crippen LogP contribution in [0.4, 0.5) is 0 Å². The van der Waals surface area contributed by atoms with Gasteiger partial charge in [-0.1, -0.05) is 18.2 Å². The van der Waals surface area contributed by atoms with Crippen LogP contribution in [0, 0.1) is 5.41 Å². The summed E-state index contributed by atoms with van der Waals surface area (Å²) in [7, 11) is 0. The van der Waals surface area contributed by atoms with Gasteiger partial charge in [0.1, 0.15) is 16.7 Å². The standard InChI is InChI=1S/C22H18N6S/c23-20(24)14-7-8-18-19(11-14)29-22(28-18)15(10-13-4-3-9-25-12-13)21-26-16-5-1-2-6-17(16)27-21/h1-9,11-12,15H,10H2,(H3,23,24)(H,26,27). The van der Waals surface area contributed by atoms with Crippen molar-refractivity contribution in [1.82, 2.24) is 19.9 Å². The molecule has 0 spiro atoms. The number of para-hydroxylation sites is 2. The summed E-state index contributed by atoms with van der Waals surface area (Å²) in [6, 6.07) is 17.7. The van der Waals surface area contributed by atoms with Crippen molar-refractivity contribution in [2.45, 2.75) is 12.3 Å². The molecule has 0 bridgehead atoms. The van der Waals surface area contributed by atoms with Crippen LogP contribution in [-0.2, 0) is 6.42 Å². The van der Waals surface area contributed by atoms with Crippen molar-refractivity contribution in [3.05, 3.63) is 88.9 Å². The molecule has 3 heterocycles. The first-order valence-corrected chi connectivity index (χ1v) is 10.1. The molecule has 6 nitrogen and oxygen atoms in total. The average molecular weight is 398 g/mol. The van der Waals surface area contributed by atoms with Gasteiger partial charge in [0.15, 0.2) is 0 Å². The van der Waals surface area contributed by atoms with Crippen LogP contribution in [0.25, 0.3) is 21.3 Å². The van der Waals surface area contributed by atoms with Gasteiger partial charge >= 0.3 is 0 Å². The minimum Gasteiger partial charge on any atom is -0.384 e. The SMILES string of the molecule is N=C(N)c1ccc2nc(C(Cc3cccnc3)c3nc4ccccc4[nH]3)sc2c1. The third-order valence-electron chi connectivity index (χ3n) is 4.91. The number of nitrogens with two attached hydrogens (primary N) is 1. The van der Waals surface area contributed by atoms with Crippen molar-refractivity contribution in [2.75, 3.05) is 0 Å². The first-order valence-electron chi connectivity index (χ1n) is 9.26. The molecule has 0 saturated carbocycles. The zero-order chi connectivity index (χ0) is 19.8. The smallest absolute Gasteiger partial charge is 0.122 e. The Balaban J connectivity index is 1.63. The Morgan fingerprint density at radius 2 is 1.97 bits per heavy atom. The fraction of sp³-hybridized carbons (Fsp3) is 0.0909. The molecule has 3 aromatic heterocycles. The highest BCUT2D eigenvalue weighted by atomic mass is 32.1. The van der Waals surface area contributed by atoms with Gasteiger partial charge in [-0.3, -0.25) is 10.4 Å². The van der Waals surface area contributed by atoms with E-state index in [1.165, 1.54) is 0 Å². The van der Waals surface area contributed by atoms with E-state index in [9.17, 15) is 0 Å². The Hall–Kier alpha value is -3.58. The Morgan fingerprint density at radius 3 is 2.76 bits per heavy atom. The van der Waals surface area contributed by atoms with Crippen molar-refractivity contribution in [2.24, 2.45) is 5.73 Å². The summed E-state index contributed by atoms with van der Waals surface area (Å²) < 4.78 is 1.01. The number of nitrogens with zero attached hydrogens (tertiary/aromatic N) is 3. The van der Waals surface area contributed by atoms with Crippen LogP contribution in [0.2, 0.25) is 0 Å². The van der Waals surface area contributed by atoms with E-state index in [0.29, 0.717) is 5.56 Å². The number of hydrogen-bond acceptors (Lipinski definition) is 5. The fourth-order valence-corrected chi connectivity index (χ4v) is 4.56. The van der Waals surface area contributed by atoms with Crippen LogP contribution in [0.15, 0.2) is 67.0 Å². The average Bonchev–Trinajstić information content (AvgIpc) is 3.36. The van der Waals surface area contributed by atoms with Gasteiger partial charge in [0.2, 0.25) is 0 Å². The van der Waals surface area contributed by atoms with Gasteiger partial charge in [0, 0.05) is 18.0 Å². The highest BCUT2D eigenvalue weighted by molar-refractivity contribution is 7.18. The molecular formula is C22H18N6S. The second-order valence-corrected chi connectivity index (χ2v) is 7.97. The summed E-state index contributed by atoms with van der Waals surface area (Å²) in [5.74, 6) is 0.928. The Labute approximate surface area is 171 Å². The quantitative estimate of drug-likeness (QED) is 0.304. The van der Waals surface area contributed by atoms with Crippen LogP contribution < -0.4 is 5.73 Å². The summed E-state index contributed by atoms with van der Waals surface area (Å²) in [5.41, 5.74) is 10.3. The zero-order valence-corrected chi connectivity index (χ0v) is 16.3. The first-order chi connectivity index (χ1) is 14.2. The third kappa shape index (κ3) is 3.36. The second kappa shape index (κ2) is 7.10. The number of aromatic nitrogens is 4. The molecule has 7 heteroatoms. The summed E-state index contributed by atoms with van der Waals surface area (Å²) in [5, 5.41) is 8.66. The molecule has 0 aliphatic rings. The summed E-state index contributed by atoms with van der Waals surface area (Å²) in [4.78, 5) is 17.4. The number of imidazole rings is 1. The molecule has 4 N–H and O–H groups in total. The maximum absolute atomic E-state index is 7.69. The summed E-state index contributed by atoms with van der Waals surface area (Å²) >= 11 is 1.62. The Morgan fingerprint density at radius 1 is 1.07 bits per heavy atom. The van der Waals surface area contributed by atoms with Gasteiger partial charge in [-0.15, -0.1) is 11.3 Å². The van der Waals surface area contributed by atoms with Crippen molar-refractivity contribution >= 4 is 38.4 Å². The van der Waals surface area contributed by atoms with E-state index in [1.807, 2.05) is 54.7 Å². The molecule has 5 rings (SSSR count).